The molecule has 0 rings (SSSR count). The summed E-state index contributed by atoms with van der Waals surface area (Å²) >= 11 is 0. The summed E-state index contributed by atoms with van der Waals surface area (Å²) in [5.41, 5.74) is 4.57. The van der Waals surface area contributed by atoms with Gasteiger partial charge in [0.1, 0.15) is 0 Å². The first kappa shape index (κ1) is 10.8. The summed E-state index contributed by atoms with van der Waals surface area (Å²) < 4.78 is 0. The lowest BCUT2D eigenvalue weighted by Gasteiger charge is -1.92. The molecule has 0 aliphatic rings. The Labute approximate surface area is 53.2 Å². The van der Waals surface area contributed by atoms with Gasteiger partial charge in [0.05, 0.1) is 0 Å². The lowest BCUT2D eigenvalue weighted by molar-refractivity contribution is -0.137. The Morgan fingerprint density at radius 1 is 1.56 bits per heavy atom. The molecule has 54 valence electrons. The molecule has 5 nitrogen and oxygen atoms in total. The topological polar surface area (TPSA) is 107 Å². The van der Waals surface area contributed by atoms with E-state index in [0.29, 0.717) is 6.54 Å². The molecule has 0 saturated heterocycles. The number of likely N-dealkylation sites (N-methyl/N-ethyl adjacent to an activating group) is 1. The van der Waals surface area contributed by atoms with Crippen LogP contribution in [-0.4, -0.2) is 18.4 Å². The fourth-order valence-corrected chi connectivity index (χ4v) is 0.248. The molecule has 0 unspecified atom stereocenters. The number of amides is 2. The van der Waals surface area contributed by atoms with Crippen molar-refractivity contribution in [2.75, 3.05) is 6.54 Å². The Morgan fingerprint density at radius 3 is 2.11 bits per heavy atom. The minimum Gasteiger partial charge on any atom is -0.361 e. The molecule has 5 heteroatoms. The molecule has 0 atom stereocenters. The van der Waals surface area contributed by atoms with E-state index in [1.807, 2.05) is 0 Å². The van der Waals surface area contributed by atoms with Crippen LogP contribution in [0.2, 0.25) is 0 Å². The Hall–Kier alpha value is -1.10. The molecule has 0 aliphatic carbocycles. The zero-order valence-electron chi connectivity index (χ0n) is 5.31. The maximum atomic E-state index is 10.2. The summed E-state index contributed by atoms with van der Waals surface area (Å²) in [4.78, 5) is 20.1. The number of nitrogens with one attached hydrogen (secondary N) is 1. The number of carbonyl (C=O) groups is 2. The summed E-state index contributed by atoms with van der Waals surface area (Å²) in [6.07, 6.45) is 0. The van der Waals surface area contributed by atoms with Crippen molar-refractivity contribution in [1.82, 2.24) is 11.5 Å². The first-order chi connectivity index (χ1) is 3.68. The van der Waals surface area contributed by atoms with Crippen LogP contribution in [0.4, 0.5) is 0 Å². The molecule has 0 saturated carbocycles. The molecule has 0 fully saturated rings. The molecule has 2 amide bonds. The van der Waals surface area contributed by atoms with Gasteiger partial charge in [-0.25, -0.2) is 0 Å². The number of hydrogen-bond acceptors (Lipinski definition) is 3. The van der Waals surface area contributed by atoms with Crippen molar-refractivity contribution in [3.8, 4) is 0 Å². The quantitative estimate of drug-likeness (QED) is 0.390. The lowest BCUT2D eigenvalue weighted by Crippen LogP contribution is -2.35. The van der Waals surface area contributed by atoms with Gasteiger partial charge in [0.2, 0.25) is 0 Å². The van der Waals surface area contributed by atoms with E-state index in [9.17, 15) is 9.59 Å². The fourth-order valence-electron chi connectivity index (χ4n) is 0.248. The van der Waals surface area contributed by atoms with Gasteiger partial charge in [-0.15, -0.1) is 0 Å². The SMILES string of the molecule is CCNC(=O)C(N)=O.N. The standard InChI is InChI=1S/C4H8N2O2.H3N/c1-2-6-4(8)3(5)7;/h2H2,1H3,(H2,5,7)(H,6,8);1H3. The van der Waals surface area contributed by atoms with Gasteiger partial charge >= 0.3 is 11.8 Å². The normalized spacial score (nSPS) is 7.22. The van der Waals surface area contributed by atoms with E-state index in [-0.39, 0.29) is 6.15 Å². The Kier molecular flexibility index (Phi) is 6.06. The molecular formula is C4H11N3O2. The highest BCUT2D eigenvalue weighted by Crippen LogP contribution is 1.59. The molecule has 0 aromatic heterocycles. The van der Waals surface area contributed by atoms with Crippen LogP contribution in [0.3, 0.4) is 0 Å². The molecule has 0 aromatic carbocycles. The van der Waals surface area contributed by atoms with Crippen LogP contribution in [0, 0.1) is 0 Å². The molecule has 0 spiro atoms. The van der Waals surface area contributed by atoms with Crippen LogP contribution in [0.1, 0.15) is 6.92 Å². The van der Waals surface area contributed by atoms with Gasteiger partial charge in [-0.3, -0.25) is 9.59 Å². The minimum absolute atomic E-state index is 0. The predicted molar refractivity (Wildman–Crippen MR) is 32.9 cm³/mol. The number of carbonyl (C=O) groups excluding carboxylic acids is 2. The van der Waals surface area contributed by atoms with Crippen molar-refractivity contribution < 1.29 is 9.59 Å². The summed E-state index contributed by atoms with van der Waals surface area (Å²) in [6.45, 7) is 2.14. The average molecular weight is 133 g/mol. The fraction of sp³-hybridized carbons (Fsp3) is 0.500. The summed E-state index contributed by atoms with van der Waals surface area (Å²) in [5.74, 6) is -1.67. The van der Waals surface area contributed by atoms with Gasteiger partial charge in [0.25, 0.3) is 0 Å². The highest BCUT2D eigenvalue weighted by molar-refractivity contribution is 6.34. The van der Waals surface area contributed by atoms with Crippen molar-refractivity contribution in [3.63, 3.8) is 0 Å². The smallest absolute Gasteiger partial charge is 0.309 e. The van der Waals surface area contributed by atoms with Crippen LogP contribution in [0.15, 0.2) is 0 Å². The number of primary amides is 1. The van der Waals surface area contributed by atoms with Crippen LogP contribution >= 0.6 is 0 Å². The Bertz CT molecular complexity index is 112. The van der Waals surface area contributed by atoms with E-state index in [0.717, 1.165) is 0 Å². The Morgan fingerprint density at radius 2 is 2.00 bits per heavy atom. The number of hydrogen-bond donors (Lipinski definition) is 3. The first-order valence-corrected chi connectivity index (χ1v) is 2.26. The number of rotatable bonds is 1. The summed E-state index contributed by atoms with van der Waals surface area (Å²) in [6, 6.07) is 0. The third-order valence-electron chi connectivity index (χ3n) is 0.561. The second-order valence-electron chi connectivity index (χ2n) is 1.22. The monoisotopic (exact) mass is 133 g/mol. The molecule has 0 bridgehead atoms. The van der Waals surface area contributed by atoms with Gasteiger partial charge in [-0.2, -0.15) is 0 Å². The highest BCUT2D eigenvalue weighted by atomic mass is 16.2. The van der Waals surface area contributed by atoms with Crippen LogP contribution in [0.5, 0.6) is 0 Å². The third kappa shape index (κ3) is 4.76. The van der Waals surface area contributed by atoms with E-state index >= 15 is 0 Å². The molecule has 0 aromatic rings. The summed E-state index contributed by atoms with van der Waals surface area (Å²) in [7, 11) is 0. The zero-order valence-corrected chi connectivity index (χ0v) is 5.31. The van der Waals surface area contributed by atoms with Crippen molar-refractivity contribution in [2.45, 2.75) is 6.92 Å². The van der Waals surface area contributed by atoms with Gasteiger partial charge < -0.3 is 17.2 Å². The van der Waals surface area contributed by atoms with Gasteiger partial charge in [-0.05, 0) is 6.92 Å². The van der Waals surface area contributed by atoms with Gasteiger partial charge in [0, 0.05) is 6.54 Å². The second-order valence-corrected chi connectivity index (χ2v) is 1.22. The van der Waals surface area contributed by atoms with Gasteiger partial charge in [-0.1, -0.05) is 0 Å². The van der Waals surface area contributed by atoms with E-state index in [1.54, 1.807) is 6.92 Å². The third-order valence-corrected chi connectivity index (χ3v) is 0.561. The molecule has 0 aliphatic heterocycles. The summed E-state index contributed by atoms with van der Waals surface area (Å²) in [5, 5.41) is 2.23. The predicted octanol–water partition coefficient (Wildman–Crippen LogP) is -1.23. The van der Waals surface area contributed by atoms with Crippen molar-refractivity contribution in [1.29, 1.82) is 0 Å². The highest BCUT2D eigenvalue weighted by Gasteiger charge is 2.03. The van der Waals surface area contributed by atoms with Crippen molar-refractivity contribution in [2.24, 2.45) is 5.73 Å². The van der Waals surface area contributed by atoms with Crippen LogP contribution in [0.25, 0.3) is 0 Å². The number of nitrogens with two attached hydrogens (primary N) is 1. The largest absolute Gasteiger partial charge is 0.361 e. The maximum Gasteiger partial charge on any atom is 0.309 e. The molecular weight excluding hydrogens is 122 g/mol. The molecule has 0 heterocycles. The molecule has 6 N–H and O–H groups in total. The Balaban J connectivity index is 0. The van der Waals surface area contributed by atoms with Gasteiger partial charge in [0.15, 0.2) is 0 Å². The van der Waals surface area contributed by atoms with E-state index < -0.39 is 11.8 Å². The van der Waals surface area contributed by atoms with Crippen LogP contribution < -0.4 is 17.2 Å². The zero-order chi connectivity index (χ0) is 6.57. The minimum atomic E-state index is -0.938. The lowest BCUT2D eigenvalue weighted by atomic mass is 10.5. The van der Waals surface area contributed by atoms with Crippen molar-refractivity contribution in [3.05, 3.63) is 0 Å². The maximum absolute atomic E-state index is 10.2. The van der Waals surface area contributed by atoms with E-state index in [4.69, 9.17) is 0 Å². The average Bonchev–Trinajstić information content (AvgIpc) is 1.67. The van der Waals surface area contributed by atoms with E-state index in [1.165, 1.54) is 0 Å². The van der Waals surface area contributed by atoms with Crippen molar-refractivity contribution >= 4 is 11.8 Å². The van der Waals surface area contributed by atoms with E-state index in [2.05, 4.69) is 11.1 Å². The molecule has 9 heavy (non-hydrogen) atoms. The first-order valence-electron chi connectivity index (χ1n) is 2.26. The second kappa shape index (κ2) is 5.04. The van der Waals surface area contributed by atoms with Crippen LogP contribution in [-0.2, 0) is 9.59 Å². The molecule has 0 radical (unpaired) electrons.